The lowest BCUT2D eigenvalue weighted by atomic mass is 9.94. The third-order valence-corrected chi connectivity index (χ3v) is 8.00. The first-order chi connectivity index (χ1) is 23.0. The van der Waals surface area contributed by atoms with Crippen LogP contribution in [-0.4, -0.2) is 58.6 Å². The first-order valence-corrected chi connectivity index (χ1v) is 17.6. The van der Waals surface area contributed by atoms with Gasteiger partial charge in [0.2, 0.25) is 11.8 Å². The molecule has 0 aliphatic heterocycles. The van der Waals surface area contributed by atoms with Crippen LogP contribution in [0.3, 0.4) is 0 Å². The molecule has 2 aromatic carbocycles. The molecule has 0 saturated heterocycles. The number of esters is 1. The molecule has 0 aromatic heterocycles. The highest BCUT2D eigenvalue weighted by Crippen LogP contribution is 2.27. The summed E-state index contributed by atoms with van der Waals surface area (Å²) in [5, 5.41) is 5.79. The zero-order valence-electron chi connectivity index (χ0n) is 31.1. The highest BCUT2D eigenvalue weighted by Gasteiger charge is 2.39. The van der Waals surface area contributed by atoms with E-state index in [1.54, 1.807) is 58.6 Å². The Kier molecular flexibility index (Phi) is 16.0. The maximum atomic E-state index is 14.7. The van der Waals surface area contributed by atoms with Crippen molar-refractivity contribution in [1.82, 2.24) is 15.5 Å². The van der Waals surface area contributed by atoms with E-state index in [1.165, 1.54) is 0 Å². The maximum absolute atomic E-state index is 14.7. The SMILES string of the molecule is C=Cc1cccc(C(C(=O)NC(Cc2ccccc2)C(=O)OC(C)(C)C)N(CCCCCC)C(=O)C(NC(=O)OC(C)(C)C)C(C)CC)c1. The summed E-state index contributed by atoms with van der Waals surface area (Å²) in [7, 11) is 0. The van der Waals surface area contributed by atoms with E-state index in [9.17, 15) is 19.2 Å². The van der Waals surface area contributed by atoms with Crippen molar-refractivity contribution in [1.29, 1.82) is 0 Å². The zero-order valence-corrected chi connectivity index (χ0v) is 31.1. The van der Waals surface area contributed by atoms with Gasteiger partial charge in [0.05, 0.1) is 0 Å². The molecule has 3 amide bonds. The molecule has 9 heteroatoms. The van der Waals surface area contributed by atoms with Crippen molar-refractivity contribution >= 4 is 30.0 Å². The van der Waals surface area contributed by atoms with Crippen molar-refractivity contribution in [3.05, 3.63) is 77.9 Å². The van der Waals surface area contributed by atoms with Crippen LogP contribution in [0.25, 0.3) is 6.08 Å². The van der Waals surface area contributed by atoms with Gasteiger partial charge in [0.1, 0.15) is 29.3 Å². The van der Waals surface area contributed by atoms with Crippen LogP contribution in [0, 0.1) is 5.92 Å². The Balaban J connectivity index is 2.69. The van der Waals surface area contributed by atoms with Gasteiger partial charge >= 0.3 is 12.1 Å². The monoisotopic (exact) mass is 677 g/mol. The van der Waals surface area contributed by atoms with E-state index in [0.717, 1.165) is 30.4 Å². The van der Waals surface area contributed by atoms with Crippen LogP contribution in [0.15, 0.2) is 61.2 Å². The standard InChI is InChI=1S/C40H59N3O6/c1-11-14-15-19-25-43(36(45)33(28(4)12-2)42-38(47)49-40(8,9)10)34(31-24-20-23-29(13-3)26-31)35(44)41-32(37(46)48-39(5,6)7)27-30-21-17-16-18-22-30/h13,16-18,20-24,26,28,32-34H,3,11-12,14-15,19,25,27H2,1-2,4-10H3,(H,41,44)(H,42,47). The highest BCUT2D eigenvalue weighted by molar-refractivity contribution is 5.94. The van der Waals surface area contributed by atoms with Crippen molar-refractivity contribution in [2.45, 2.75) is 130 Å². The van der Waals surface area contributed by atoms with Crippen molar-refractivity contribution in [3.8, 4) is 0 Å². The summed E-state index contributed by atoms with van der Waals surface area (Å²) in [4.78, 5) is 57.6. The maximum Gasteiger partial charge on any atom is 0.408 e. The predicted octanol–water partition coefficient (Wildman–Crippen LogP) is 7.79. The normalized spacial score (nSPS) is 14.1. The fraction of sp³-hybridized carbons (Fsp3) is 0.550. The molecule has 0 spiro atoms. The van der Waals surface area contributed by atoms with Gasteiger partial charge in [0.25, 0.3) is 0 Å². The van der Waals surface area contributed by atoms with Crippen LogP contribution in [0.1, 0.15) is 117 Å². The quantitative estimate of drug-likeness (QED) is 0.131. The summed E-state index contributed by atoms with van der Waals surface area (Å²) in [5.74, 6) is -1.78. The van der Waals surface area contributed by atoms with E-state index in [0.29, 0.717) is 18.4 Å². The number of nitrogens with zero attached hydrogens (tertiary/aromatic N) is 1. The lowest BCUT2D eigenvalue weighted by Gasteiger charge is -2.37. The Morgan fingerprint density at radius 3 is 2.08 bits per heavy atom. The minimum atomic E-state index is -1.12. The van der Waals surface area contributed by atoms with Crippen molar-refractivity contribution < 1.29 is 28.7 Å². The van der Waals surface area contributed by atoms with E-state index >= 15 is 0 Å². The van der Waals surface area contributed by atoms with Crippen LogP contribution >= 0.6 is 0 Å². The molecule has 2 aromatic rings. The molecule has 9 nitrogen and oxygen atoms in total. The van der Waals surface area contributed by atoms with Crippen LogP contribution < -0.4 is 10.6 Å². The lowest BCUT2D eigenvalue weighted by Crippen LogP contribution is -2.56. The molecule has 4 unspecified atom stereocenters. The van der Waals surface area contributed by atoms with E-state index in [4.69, 9.17) is 9.47 Å². The zero-order chi connectivity index (χ0) is 36.8. The average molecular weight is 678 g/mol. The van der Waals surface area contributed by atoms with Crippen molar-refractivity contribution in [3.63, 3.8) is 0 Å². The van der Waals surface area contributed by atoms with Gasteiger partial charge in [0, 0.05) is 13.0 Å². The number of unbranched alkanes of at least 4 members (excludes halogenated alkanes) is 3. The molecular weight excluding hydrogens is 618 g/mol. The Bertz CT molecular complexity index is 1380. The molecule has 2 N–H and O–H groups in total. The molecule has 0 heterocycles. The third kappa shape index (κ3) is 14.1. The number of carbonyl (C=O) groups is 4. The van der Waals surface area contributed by atoms with Crippen LogP contribution in [0.2, 0.25) is 0 Å². The Labute approximate surface area is 294 Å². The third-order valence-electron chi connectivity index (χ3n) is 8.00. The smallest absolute Gasteiger partial charge is 0.408 e. The fourth-order valence-electron chi connectivity index (χ4n) is 5.37. The molecule has 2 rings (SSSR count). The van der Waals surface area contributed by atoms with E-state index in [1.807, 2.05) is 62.4 Å². The number of ether oxygens (including phenoxy) is 2. The van der Waals surface area contributed by atoms with Crippen LogP contribution in [-0.2, 0) is 30.3 Å². The number of rotatable bonds is 17. The van der Waals surface area contributed by atoms with Crippen LogP contribution in [0.4, 0.5) is 4.79 Å². The number of nitrogens with one attached hydrogen (secondary N) is 2. The topological polar surface area (TPSA) is 114 Å². The Morgan fingerprint density at radius 2 is 1.51 bits per heavy atom. The number of benzene rings is 2. The molecule has 0 aliphatic rings. The van der Waals surface area contributed by atoms with E-state index < -0.39 is 53.2 Å². The number of hydrogen-bond donors (Lipinski definition) is 2. The summed E-state index contributed by atoms with van der Waals surface area (Å²) in [5.41, 5.74) is 0.617. The molecule has 0 radical (unpaired) electrons. The van der Waals surface area contributed by atoms with Gasteiger partial charge in [-0.25, -0.2) is 9.59 Å². The van der Waals surface area contributed by atoms with Gasteiger partial charge in [0.15, 0.2) is 0 Å². The Hall–Kier alpha value is -4.14. The number of alkyl carbamates (subject to hydrolysis) is 1. The molecule has 4 atom stereocenters. The molecule has 0 aliphatic carbocycles. The fourth-order valence-corrected chi connectivity index (χ4v) is 5.37. The van der Waals surface area contributed by atoms with Gasteiger partial charge in [-0.3, -0.25) is 9.59 Å². The first kappa shape index (κ1) is 41.0. The van der Waals surface area contributed by atoms with E-state index in [-0.39, 0.29) is 18.9 Å². The van der Waals surface area contributed by atoms with Gasteiger partial charge in [-0.1, -0.05) is 108 Å². The number of carbonyl (C=O) groups excluding carboxylic acids is 4. The van der Waals surface area contributed by atoms with Crippen molar-refractivity contribution in [2.24, 2.45) is 5.92 Å². The van der Waals surface area contributed by atoms with Gasteiger partial charge in [-0.2, -0.15) is 0 Å². The minimum absolute atomic E-state index is 0.195. The molecule has 270 valence electrons. The number of amides is 3. The molecule has 0 saturated carbocycles. The summed E-state index contributed by atoms with van der Waals surface area (Å²) in [6.07, 6.45) is 5.21. The summed E-state index contributed by atoms with van der Waals surface area (Å²) < 4.78 is 11.3. The Morgan fingerprint density at radius 1 is 0.857 bits per heavy atom. The minimum Gasteiger partial charge on any atom is -0.458 e. The van der Waals surface area contributed by atoms with Crippen LogP contribution in [0.5, 0.6) is 0 Å². The second kappa shape index (κ2) is 19.2. The van der Waals surface area contributed by atoms with Gasteiger partial charge < -0.3 is 25.0 Å². The highest BCUT2D eigenvalue weighted by atomic mass is 16.6. The van der Waals surface area contributed by atoms with Gasteiger partial charge in [-0.05, 0) is 76.6 Å². The average Bonchev–Trinajstić information content (AvgIpc) is 3.02. The second-order valence-corrected chi connectivity index (χ2v) is 14.7. The number of hydrogen-bond acceptors (Lipinski definition) is 6. The molecule has 0 fully saturated rings. The van der Waals surface area contributed by atoms with E-state index in [2.05, 4.69) is 24.1 Å². The van der Waals surface area contributed by atoms with Gasteiger partial charge in [-0.15, -0.1) is 0 Å². The largest absolute Gasteiger partial charge is 0.458 e. The lowest BCUT2D eigenvalue weighted by molar-refractivity contribution is -0.159. The summed E-state index contributed by atoms with van der Waals surface area (Å²) in [6.45, 7) is 20.7. The molecule has 0 bridgehead atoms. The second-order valence-electron chi connectivity index (χ2n) is 14.7. The predicted molar refractivity (Wildman–Crippen MR) is 196 cm³/mol. The van der Waals surface area contributed by atoms with Crippen molar-refractivity contribution in [2.75, 3.05) is 6.54 Å². The molecular formula is C40H59N3O6. The summed E-state index contributed by atoms with van der Waals surface area (Å²) in [6, 6.07) is 13.6. The molecule has 49 heavy (non-hydrogen) atoms. The first-order valence-electron chi connectivity index (χ1n) is 17.6. The summed E-state index contributed by atoms with van der Waals surface area (Å²) >= 11 is 0.